The maximum atomic E-state index is 9.77. The third-order valence-corrected chi connectivity index (χ3v) is 16.7. The van der Waals surface area contributed by atoms with Crippen LogP contribution in [0.2, 0.25) is 0 Å². The van der Waals surface area contributed by atoms with E-state index in [9.17, 15) is 10.0 Å². The molecule has 2 spiro atoms. The van der Waals surface area contributed by atoms with E-state index in [0.717, 1.165) is 60.6 Å². The van der Waals surface area contributed by atoms with Gasteiger partial charge >= 0.3 is 7.12 Å². The second-order valence-corrected chi connectivity index (χ2v) is 19.5. The van der Waals surface area contributed by atoms with Crippen LogP contribution in [0.3, 0.4) is 0 Å². The highest BCUT2D eigenvalue weighted by atomic mass is 79.9. The third kappa shape index (κ3) is 4.88. The fourth-order valence-corrected chi connectivity index (χ4v) is 15.3. The van der Waals surface area contributed by atoms with Crippen molar-refractivity contribution in [2.45, 2.75) is 87.9 Å². The molecular weight excluding hydrogens is 715 g/mol. The van der Waals surface area contributed by atoms with E-state index in [1.165, 1.54) is 115 Å². The molecule has 0 atom stereocenters. The first-order valence-corrected chi connectivity index (χ1v) is 21.8. The van der Waals surface area contributed by atoms with E-state index in [1.807, 2.05) is 6.07 Å². The molecule has 15 rings (SSSR count). The number of rotatable bonds is 1. The fourth-order valence-electron chi connectivity index (χ4n) is 15.0. The SMILES string of the molecule is Brc1ccc2c(c1)C1(c3ccccc3-2)C2CC3CC(C2)CC1C3.C1CCOC1.OB(O)c1ccc2c(c1)C1(c3ccccc3-2)C2CC3CC(C2)CC1C3. The van der Waals surface area contributed by atoms with Crippen LogP contribution >= 0.6 is 15.9 Å². The Morgan fingerprint density at radius 3 is 1.34 bits per heavy atom. The van der Waals surface area contributed by atoms with Crippen LogP contribution in [0.25, 0.3) is 22.3 Å². The highest BCUT2D eigenvalue weighted by molar-refractivity contribution is 9.10. The molecular formula is C48H52BBrO3. The molecule has 0 aromatic heterocycles. The average molecular weight is 768 g/mol. The van der Waals surface area contributed by atoms with Gasteiger partial charge in [-0.15, -0.1) is 0 Å². The molecule has 11 aliphatic rings. The van der Waals surface area contributed by atoms with Crippen LogP contribution in [0.15, 0.2) is 89.4 Å². The molecule has 2 N–H and O–H groups in total. The molecule has 5 heteroatoms. The van der Waals surface area contributed by atoms with Crippen LogP contribution in [0.1, 0.15) is 99.3 Å². The van der Waals surface area contributed by atoms with Crippen molar-refractivity contribution >= 4 is 28.5 Å². The Labute approximate surface area is 324 Å². The van der Waals surface area contributed by atoms with Crippen molar-refractivity contribution in [1.29, 1.82) is 0 Å². The zero-order valence-electron chi connectivity index (χ0n) is 30.9. The number of benzene rings is 4. The molecule has 9 fully saturated rings. The average Bonchev–Trinajstić information content (AvgIpc) is 3.90. The number of halogens is 1. The number of fused-ring (bicyclic) bond motifs is 6. The van der Waals surface area contributed by atoms with Gasteiger partial charge in [0.1, 0.15) is 0 Å². The fraction of sp³-hybridized carbons (Fsp3) is 0.500. The van der Waals surface area contributed by atoms with Crippen molar-refractivity contribution in [2.24, 2.45) is 47.3 Å². The van der Waals surface area contributed by atoms with E-state index in [0.29, 0.717) is 10.9 Å². The van der Waals surface area contributed by atoms with E-state index in [1.54, 1.807) is 11.1 Å². The summed E-state index contributed by atoms with van der Waals surface area (Å²) in [5, 5.41) is 19.5. The van der Waals surface area contributed by atoms with Crippen LogP contribution in [-0.4, -0.2) is 30.4 Å². The minimum atomic E-state index is -1.39. The van der Waals surface area contributed by atoms with Gasteiger partial charge in [-0.25, -0.2) is 0 Å². The second-order valence-electron chi connectivity index (χ2n) is 18.6. The highest BCUT2D eigenvalue weighted by Crippen LogP contribution is 2.70. The highest BCUT2D eigenvalue weighted by Gasteiger charge is 2.63. The molecule has 8 bridgehead atoms. The maximum absolute atomic E-state index is 9.77. The summed E-state index contributed by atoms with van der Waals surface area (Å²) in [6.07, 6.45) is 16.8. The summed E-state index contributed by atoms with van der Waals surface area (Å²) in [4.78, 5) is 0. The van der Waals surface area contributed by atoms with Crippen LogP contribution < -0.4 is 5.46 Å². The zero-order valence-corrected chi connectivity index (χ0v) is 32.4. The van der Waals surface area contributed by atoms with Crippen molar-refractivity contribution in [2.75, 3.05) is 13.2 Å². The predicted octanol–water partition coefficient (Wildman–Crippen LogP) is 10.1. The lowest BCUT2D eigenvalue weighted by Crippen LogP contribution is -2.55. The largest absolute Gasteiger partial charge is 0.488 e. The van der Waals surface area contributed by atoms with Crippen molar-refractivity contribution < 1.29 is 14.8 Å². The van der Waals surface area contributed by atoms with Gasteiger partial charge in [-0.3, -0.25) is 0 Å². The zero-order chi connectivity index (χ0) is 35.5. The molecule has 53 heavy (non-hydrogen) atoms. The summed E-state index contributed by atoms with van der Waals surface area (Å²) in [7, 11) is -1.39. The van der Waals surface area contributed by atoms with Crippen molar-refractivity contribution in [3.8, 4) is 22.3 Å². The molecule has 1 heterocycles. The van der Waals surface area contributed by atoms with Gasteiger partial charge < -0.3 is 14.8 Å². The van der Waals surface area contributed by atoms with Crippen LogP contribution in [0.4, 0.5) is 0 Å². The number of hydrogen-bond acceptors (Lipinski definition) is 3. The first-order chi connectivity index (χ1) is 25.9. The number of ether oxygens (including phenoxy) is 1. The summed E-state index contributed by atoms with van der Waals surface area (Å²) >= 11 is 3.76. The summed E-state index contributed by atoms with van der Waals surface area (Å²) in [5.74, 6) is 7.07. The molecule has 8 saturated carbocycles. The second kappa shape index (κ2) is 12.7. The smallest absolute Gasteiger partial charge is 0.423 e. The Morgan fingerprint density at radius 1 is 0.491 bits per heavy atom. The molecule has 4 aromatic rings. The van der Waals surface area contributed by atoms with E-state index < -0.39 is 7.12 Å². The van der Waals surface area contributed by atoms with Crippen LogP contribution in [0.5, 0.6) is 0 Å². The maximum Gasteiger partial charge on any atom is 0.488 e. The van der Waals surface area contributed by atoms with Crippen molar-refractivity contribution in [3.63, 3.8) is 0 Å². The van der Waals surface area contributed by atoms with Crippen molar-refractivity contribution in [3.05, 3.63) is 112 Å². The molecule has 0 unspecified atom stereocenters. The van der Waals surface area contributed by atoms with Crippen LogP contribution in [0, 0.1) is 47.3 Å². The molecule has 4 aromatic carbocycles. The summed E-state index contributed by atoms with van der Waals surface area (Å²) in [6.45, 7) is 2.00. The first-order valence-electron chi connectivity index (χ1n) is 21.0. The lowest BCUT2D eigenvalue weighted by molar-refractivity contribution is -0.0399. The summed E-state index contributed by atoms with van der Waals surface area (Å²) in [5.41, 5.74) is 13.0. The molecule has 10 aliphatic carbocycles. The van der Waals surface area contributed by atoms with Gasteiger partial charge in [0.05, 0.1) is 0 Å². The lowest BCUT2D eigenvalue weighted by Gasteiger charge is -2.61. The Hall–Kier alpha value is -2.70. The monoisotopic (exact) mass is 766 g/mol. The molecule has 1 aliphatic heterocycles. The topological polar surface area (TPSA) is 49.7 Å². The molecule has 0 radical (unpaired) electrons. The number of hydrogen-bond donors (Lipinski definition) is 2. The minimum absolute atomic E-state index is 0.115. The molecule has 3 nitrogen and oxygen atoms in total. The lowest BCUT2D eigenvalue weighted by atomic mass is 9.43. The van der Waals surface area contributed by atoms with Gasteiger partial charge in [-0.1, -0.05) is 88.7 Å². The van der Waals surface area contributed by atoms with E-state index >= 15 is 0 Å². The van der Waals surface area contributed by atoms with Gasteiger partial charge in [-0.05, 0) is 186 Å². The van der Waals surface area contributed by atoms with Gasteiger partial charge in [0.2, 0.25) is 0 Å². The minimum Gasteiger partial charge on any atom is -0.423 e. The van der Waals surface area contributed by atoms with Gasteiger partial charge in [0.25, 0.3) is 0 Å². The molecule has 0 amide bonds. The van der Waals surface area contributed by atoms with Crippen LogP contribution in [-0.2, 0) is 15.6 Å². The van der Waals surface area contributed by atoms with E-state index in [-0.39, 0.29) is 5.41 Å². The Balaban J connectivity index is 0.000000111. The van der Waals surface area contributed by atoms with Gasteiger partial charge in [-0.2, -0.15) is 0 Å². The van der Waals surface area contributed by atoms with Gasteiger partial charge in [0, 0.05) is 28.5 Å². The summed E-state index contributed by atoms with van der Waals surface area (Å²) in [6, 6.07) is 31.4. The Morgan fingerprint density at radius 2 is 0.906 bits per heavy atom. The van der Waals surface area contributed by atoms with Crippen molar-refractivity contribution in [1.82, 2.24) is 0 Å². The molecule has 272 valence electrons. The van der Waals surface area contributed by atoms with E-state index in [2.05, 4.69) is 94.8 Å². The Kier molecular flexibility index (Phi) is 8.04. The normalized spacial score (nSPS) is 36.4. The summed E-state index contributed by atoms with van der Waals surface area (Å²) < 4.78 is 6.19. The molecule has 1 saturated heterocycles. The first kappa shape index (κ1) is 33.6. The third-order valence-electron chi connectivity index (χ3n) is 16.2. The Bertz CT molecular complexity index is 2000. The quantitative estimate of drug-likeness (QED) is 0.190. The standard InChI is InChI=1S/C22H23BO2.C22H21Br.C4H8O/c24-23(25)17-5-6-19-18-3-1-2-4-20(18)22(21(19)12-17)15-8-13-7-14(10-15)11-16(22)9-13;23-17-5-6-19-18-3-1-2-4-20(18)22(21(19)12-17)15-8-13-7-14(10-15)11-16(22)9-13;1-2-4-5-3-1/h1-6,12-16,24-25H,7-11H2;1-6,12-16H,7-11H2;1-4H2. The van der Waals surface area contributed by atoms with Gasteiger partial charge in [0.15, 0.2) is 0 Å². The van der Waals surface area contributed by atoms with E-state index in [4.69, 9.17) is 4.74 Å². The predicted molar refractivity (Wildman–Crippen MR) is 217 cm³/mol.